The highest BCUT2D eigenvalue weighted by atomic mass is 32.1. The van der Waals surface area contributed by atoms with Gasteiger partial charge in [0.05, 0.1) is 0 Å². The molecule has 0 aliphatic heterocycles. The van der Waals surface area contributed by atoms with Gasteiger partial charge in [-0.05, 0) is 25.3 Å². The van der Waals surface area contributed by atoms with Crippen molar-refractivity contribution in [1.82, 2.24) is 4.98 Å². The van der Waals surface area contributed by atoms with E-state index in [1.165, 1.54) is 11.3 Å². The maximum absolute atomic E-state index is 11.9. The largest absolute Gasteiger partial charge is 0.246 e. The van der Waals surface area contributed by atoms with Crippen LogP contribution in [0.2, 0.25) is 0 Å². The zero-order chi connectivity index (χ0) is 8.48. The van der Waals surface area contributed by atoms with E-state index in [2.05, 4.69) is 9.93 Å². The third-order valence-electron chi connectivity index (χ3n) is 1.33. The number of aryl methyl sites for hydroxylation is 1. The Labute approximate surface area is 68.9 Å². The van der Waals surface area contributed by atoms with Crippen LogP contribution >= 0.6 is 11.3 Å². The van der Waals surface area contributed by atoms with E-state index >= 15 is 0 Å². The van der Waals surface area contributed by atoms with Gasteiger partial charge in [-0.1, -0.05) is 0 Å². The van der Waals surface area contributed by atoms with Gasteiger partial charge < -0.3 is 0 Å². The van der Waals surface area contributed by atoms with E-state index in [0.717, 1.165) is 4.88 Å². The Bertz CT molecular complexity index is 246. The Morgan fingerprint density at radius 3 is 2.64 bits per heavy atom. The molecule has 1 aromatic heterocycles. The second-order valence-corrected chi connectivity index (χ2v) is 4.10. The average molecular weight is 175 g/mol. The lowest BCUT2D eigenvalue weighted by Gasteiger charge is -2.14. The minimum absolute atomic E-state index is 0.664. The maximum atomic E-state index is 11.9. The van der Waals surface area contributed by atoms with E-state index in [9.17, 15) is 4.53 Å². The van der Waals surface area contributed by atoms with Gasteiger partial charge in [-0.25, -0.2) is 4.98 Å². The molecule has 4 heteroatoms. The molecule has 0 aromatic carbocycles. The van der Waals surface area contributed by atoms with Crippen LogP contribution in [0.15, 0.2) is 6.20 Å². The highest BCUT2D eigenvalue weighted by Crippen LogP contribution is 2.28. The molecule has 0 N–H and O–H groups in total. The van der Waals surface area contributed by atoms with Crippen molar-refractivity contribution in [1.29, 1.82) is 0 Å². The molecule has 0 fully saturated rings. The zero-order valence-electron chi connectivity index (χ0n) is 6.72. The first kappa shape index (κ1) is 8.62. The lowest BCUT2D eigenvalue weighted by molar-refractivity contribution is -0.227. The van der Waals surface area contributed by atoms with E-state index in [4.69, 9.17) is 0 Å². The average Bonchev–Trinajstić information content (AvgIpc) is 2.36. The second kappa shape index (κ2) is 2.87. The van der Waals surface area contributed by atoms with Crippen molar-refractivity contribution in [2.24, 2.45) is 0 Å². The first-order valence-electron chi connectivity index (χ1n) is 3.29. The number of halogens is 1. The minimum Gasteiger partial charge on any atom is -0.246 e. The van der Waals surface area contributed by atoms with Gasteiger partial charge in [-0.15, -0.1) is 11.3 Å². The van der Waals surface area contributed by atoms with E-state index in [1.807, 2.05) is 6.92 Å². The van der Waals surface area contributed by atoms with Crippen molar-refractivity contribution in [3.63, 3.8) is 0 Å². The van der Waals surface area contributed by atoms with Crippen LogP contribution in [0.1, 0.15) is 23.7 Å². The Balaban J connectivity index is 2.92. The second-order valence-electron chi connectivity index (χ2n) is 2.86. The molecule has 0 spiro atoms. The number of hydrogen-bond donors (Lipinski definition) is 0. The molecule has 1 rings (SSSR count). The third kappa shape index (κ3) is 1.75. The Morgan fingerprint density at radius 1 is 1.64 bits per heavy atom. The highest BCUT2D eigenvalue weighted by molar-refractivity contribution is 7.11. The summed E-state index contributed by atoms with van der Waals surface area (Å²) < 4.78 is 11.9. The molecular formula is C7H10FNOS. The Morgan fingerprint density at radius 2 is 2.27 bits per heavy atom. The van der Waals surface area contributed by atoms with Gasteiger partial charge in [0.2, 0.25) is 0 Å². The predicted octanol–water partition coefficient (Wildman–Crippen LogP) is 2.59. The molecule has 1 aromatic rings. The summed E-state index contributed by atoms with van der Waals surface area (Å²) >= 11 is 1.44. The summed E-state index contributed by atoms with van der Waals surface area (Å²) in [6, 6.07) is 0. The molecule has 1 heterocycles. The molecule has 62 valence electrons. The maximum Gasteiger partial charge on any atom is 0.154 e. The number of nitrogens with zero attached hydrogens (tertiary/aromatic N) is 1. The minimum atomic E-state index is -0.904. The van der Waals surface area contributed by atoms with Crippen molar-refractivity contribution in [3.8, 4) is 0 Å². The molecule has 0 aliphatic carbocycles. The van der Waals surface area contributed by atoms with Gasteiger partial charge >= 0.3 is 0 Å². The summed E-state index contributed by atoms with van der Waals surface area (Å²) in [5.41, 5.74) is -0.904. The van der Waals surface area contributed by atoms with Crippen molar-refractivity contribution in [2.75, 3.05) is 0 Å². The number of aromatic nitrogens is 1. The summed E-state index contributed by atoms with van der Waals surface area (Å²) in [5.74, 6) is 0. The van der Waals surface area contributed by atoms with Gasteiger partial charge in [0, 0.05) is 11.1 Å². The number of thiazole rings is 1. The lowest BCUT2D eigenvalue weighted by Crippen LogP contribution is -2.16. The molecule has 0 saturated heterocycles. The first-order valence-corrected chi connectivity index (χ1v) is 4.10. The molecule has 0 saturated carbocycles. The summed E-state index contributed by atoms with van der Waals surface area (Å²) in [7, 11) is 0. The molecular weight excluding hydrogens is 165 g/mol. The fourth-order valence-electron chi connectivity index (χ4n) is 0.666. The third-order valence-corrected chi connectivity index (χ3v) is 2.55. The van der Waals surface area contributed by atoms with Crippen LogP contribution in [-0.2, 0) is 10.5 Å². The molecule has 0 aliphatic rings. The monoisotopic (exact) mass is 175 g/mol. The van der Waals surface area contributed by atoms with Gasteiger partial charge in [0.25, 0.3) is 0 Å². The highest BCUT2D eigenvalue weighted by Gasteiger charge is 2.25. The van der Waals surface area contributed by atoms with E-state index < -0.39 is 5.60 Å². The van der Waals surface area contributed by atoms with Crippen LogP contribution in [0.25, 0.3) is 0 Å². The normalized spacial score (nSPS) is 12.0. The quantitative estimate of drug-likeness (QED) is 0.689. The van der Waals surface area contributed by atoms with Crippen LogP contribution in [0.5, 0.6) is 0 Å². The predicted molar refractivity (Wildman–Crippen MR) is 42.1 cm³/mol. The van der Waals surface area contributed by atoms with Crippen LogP contribution in [0, 0.1) is 6.92 Å². The summed E-state index contributed by atoms with van der Waals surface area (Å²) in [6.45, 7) is 5.21. The van der Waals surface area contributed by atoms with Crippen LogP contribution in [-0.4, -0.2) is 4.98 Å². The standard InChI is InChI=1S/C7H10FNOS/c1-5-4-9-6(11-5)7(2,3)10-8/h4H,1-3H3. The summed E-state index contributed by atoms with van der Waals surface area (Å²) in [5, 5.41) is 0.664. The van der Waals surface area contributed by atoms with Crippen LogP contribution in [0.3, 0.4) is 0 Å². The first-order chi connectivity index (χ1) is 5.06. The van der Waals surface area contributed by atoms with Gasteiger partial charge in [-0.2, -0.15) is 4.94 Å². The van der Waals surface area contributed by atoms with Crippen LogP contribution < -0.4 is 0 Å². The fourth-order valence-corrected chi connectivity index (χ4v) is 1.46. The van der Waals surface area contributed by atoms with E-state index in [-0.39, 0.29) is 0 Å². The Hall–Kier alpha value is -0.480. The molecule has 0 unspecified atom stereocenters. The fraction of sp³-hybridized carbons (Fsp3) is 0.571. The van der Waals surface area contributed by atoms with E-state index in [1.54, 1.807) is 20.0 Å². The van der Waals surface area contributed by atoms with Crippen molar-refractivity contribution in [2.45, 2.75) is 26.4 Å². The summed E-state index contributed by atoms with van der Waals surface area (Å²) in [4.78, 5) is 8.86. The van der Waals surface area contributed by atoms with Gasteiger partial charge in [0.1, 0.15) is 5.01 Å². The summed E-state index contributed by atoms with van der Waals surface area (Å²) in [6.07, 6.45) is 1.71. The number of hydrogen-bond acceptors (Lipinski definition) is 3. The molecule has 11 heavy (non-hydrogen) atoms. The molecule has 0 bridgehead atoms. The molecule has 2 nitrogen and oxygen atoms in total. The molecule has 0 radical (unpaired) electrons. The zero-order valence-corrected chi connectivity index (χ0v) is 7.54. The topological polar surface area (TPSA) is 22.1 Å². The van der Waals surface area contributed by atoms with Crippen molar-refractivity contribution >= 4 is 11.3 Å². The molecule has 0 amide bonds. The van der Waals surface area contributed by atoms with Gasteiger partial charge in [-0.3, -0.25) is 0 Å². The van der Waals surface area contributed by atoms with Crippen molar-refractivity contribution < 1.29 is 9.47 Å². The Kier molecular flexibility index (Phi) is 2.25. The lowest BCUT2D eigenvalue weighted by atomic mass is 10.2. The van der Waals surface area contributed by atoms with Crippen LogP contribution in [0.4, 0.5) is 4.53 Å². The van der Waals surface area contributed by atoms with E-state index in [0.29, 0.717) is 5.01 Å². The van der Waals surface area contributed by atoms with Gasteiger partial charge in [0.15, 0.2) is 5.60 Å². The SMILES string of the molecule is Cc1cnc(C(C)(C)OF)s1. The van der Waals surface area contributed by atoms with Crippen molar-refractivity contribution in [3.05, 3.63) is 16.1 Å². The smallest absolute Gasteiger partial charge is 0.154 e. The number of rotatable bonds is 2. The molecule has 0 atom stereocenters.